The van der Waals surface area contributed by atoms with Crippen molar-refractivity contribution in [1.29, 1.82) is 0 Å². The summed E-state index contributed by atoms with van der Waals surface area (Å²) in [5.41, 5.74) is 1.87. The lowest BCUT2D eigenvalue weighted by Crippen LogP contribution is -2.45. The van der Waals surface area contributed by atoms with Crippen molar-refractivity contribution in [3.8, 4) is 17.2 Å². The molecule has 8 heteroatoms. The van der Waals surface area contributed by atoms with E-state index in [2.05, 4.69) is 16.0 Å². The highest BCUT2D eigenvalue weighted by Gasteiger charge is 2.31. The summed E-state index contributed by atoms with van der Waals surface area (Å²) in [5.74, 6) is 0.722. The second kappa shape index (κ2) is 7.91. The van der Waals surface area contributed by atoms with Crippen LogP contribution in [0.4, 0.5) is 10.5 Å². The Morgan fingerprint density at radius 2 is 1.82 bits per heavy atom. The van der Waals surface area contributed by atoms with Gasteiger partial charge in [-0.1, -0.05) is 12.1 Å². The summed E-state index contributed by atoms with van der Waals surface area (Å²) in [4.78, 5) is 25.1. The molecule has 8 nitrogen and oxygen atoms in total. The molecular weight excluding hydrogens is 362 g/mol. The maximum Gasteiger partial charge on any atom is 0.319 e. The molecule has 2 aromatic carbocycles. The normalized spacial score (nSPS) is 16.1. The molecule has 28 heavy (non-hydrogen) atoms. The summed E-state index contributed by atoms with van der Waals surface area (Å²) in [7, 11) is 3.03. The number of nitrogens with one attached hydrogen (secondary N) is 3. The van der Waals surface area contributed by atoms with E-state index in [4.69, 9.17) is 9.47 Å². The molecule has 3 rings (SSSR count). The van der Waals surface area contributed by atoms with Crippen molar-refractivity contribution in [2.75, 3.05) is 19.5 Å². The number of anilines is 1. The average molecular weight is 383 g/mol. The smallest absolute Gasteiger partial charge is 0.319 e. The van der Waals surface area contributed by atoms with Crippen LogP contribution in [0.3, 0.4) is 0 Å². The second-order valence-electron chi connectivity index (χ2n) is 6.18. The number of methoxy groups -OCH3 is 2. The van der Waals surface area contributed by atoms with E-state index < -0.39 is 18.0 Å². The first kappa shape index (κ1) is 19.1. The molecule has 0 saturated heterocycles. The molecular formula is C20H21N3O5. The van der Waals surface area contributed by atoms with Gasteiger partial charge in [-0.25, -0.2) is 4.79 Å². The number of benzene rings is 2. The quantitative estimate of drug-likeness (QED) is 0.635. The summed E-state index contributed by atoms with van der Waals surface area (Å²) in [6, 6.07) is 10.3. The monoisotopic (exact) mass is 383 g/mol. The van der Waals surface area contributed by atoms with Crippen LogP contribution in [0.25, 0.3) is 0 Å². The van der Waals surface area contributed by atoms with Gasteiger partial charge in [0.05, 0.1) is 31.5 Å². The Morgan fingerprint density at radius 1 is 1.11 bits per heavy atom. The molecule has 0 saturated carbocycles. The molecule has 2 aromatic rings. The fourth-order valence-electron chi connectivity index (χ4n) is 3.01. The van der Waals surface area contributed by atoms with E-state index in [9.17, 15) is 14.7 Å². The number of amides is 3. The van der Waals surface area contributed by atoms with Crippen LogP contribution in [0.2, 0.25) is 0 Å². The van der Waals surface area contributed by atoms with Crippen molar-refractivity contribution in [2.45, 2.75) is 13.0 Å². The second-order valence-corrected chi connectivity index (χ2v) is 6.18. The fraction of sp³-hybridized carbons (Fsp3) is 0.200. The lowest BCUT2D eigenvalue weighted by atomic mass is 9.94. The third-order valence-corrected chi connectivity index (χ3v) is 4.40. The minimum Gasteiger partial charge on any atom is -0.508 e. The number of urea groups is 1. The van der Waals surface area contributed by atoms with Crippen LogP contribution in [-0.2, 0) is 4.79 Å². The van der Waals surface area contributed by atoms with E-state index in [1.54, 1.807) is 37.3 Å². The first-order valence-electron chi connectivity index (χ1n) is 8.53. The Labute approximate surface area is 162 Å². The summed E-state index contributed by atoms with van der Waals surface area (Å²) < 4.78 is 10.5. The van der Waals surface area contributed by atoms with Gasteiger partial charge in [0.25, 0.3) is 5.91 Å². The van der Waals surface area contributed by atoms with Crippen LogP contribution < -0.4 is 25.4 Å². The third kappa shape index (κ3) is 3.85. The molecule has 146 valence electrons. The molecule has 0 radical (unpaired) electrons. The van der Waals surface area contributed by atoms with Gasteiger partial charge < -0.3 is 30.5 Å². The number of carbonyl (C=O) groups is 2. The minimum absolute atomic E-state index is 0.0943. The molecule has 1 heterocycles. The van der Waals surface area contributed by atoms with Gasteiger partial charge in [-0.3, -0.25) is 4.79 Å². The third-order valence-electron chi connectivity index (χ3n) is 4.40. The fourth-order valence-corrected chi connectivity index (χ4v) is 3.01. The predicted octanol–water partition coefficient (Wildman–Crippen LogP) is 2.68. The number of rotatable bonds is 5. The average Bonchev–Trinajstić information content (AvgIpc) is 2.67. The van der Waals surface area contributed by atoms with Crippen molar-refractivity contribution >= 4 is 17.6 Å². The summed E-state index contributed by atoms with van der Waals surface area (Å²) >= 11 is 0. The highest BCUT2D eigenvalue weighted by molar-refractivity contribution is 6.07. The van der Waals surface area contributed by atoms with E-state index in [0.717, 1.165) is 0 Å². The Hall–Kier alpha value is -3.68. The molecule has 1 atom stereocenters. The van der Waals surface area contributed by atoms with E-state index in [1.807, 2.05) is 0 Å². The largest absolute Gasteiger partial charge is 0.508 e. The number of phenolic OH excluding ortho intramolecular Hbond substituents is 1. The van der Waals surface area contributed by atoms with E-state index in [1.165, 1.54) is 26.4 Å². The van der Waals surface area contributed by atoms with Crippen LogP contribution in [0.5, 0.6) is 17.2 Å². The number of aromatic hydroxyl groups is 1. The highest BCUT2D eigenvalue weighted by Crippen LogP contribution is 2.32. The summed E-state index contributed by atoms with van der Waals surface area (Å²) in [6.45, 7) is 1.66. The topological polar surface area (TPSA) is 109 Å². The zero-order valence-corrected chi connectivity index (χ0v) is 15.7. The SMILES string of the molecule is COc1ccc(OC)c(NC(=O)C2=C(C)NC(=O)N[C@@H]2c2ccc(O)cc2)c1. The van der Waals surface area contributed by atoms with E-state index >= 15 is 0 Å². The summed E-state index contributed by atoms with van der Waals surface area (Å²) in [6.07, 6.45) is 0. The summed E-state index contributed by atoms with van der Waals surface area (Å²) in [5, 5.41) is 17.7. The highest BCUT2D eigenvalue weighted by atomic mass is 16.5. The van der Waals surface area contributed by atoms with E-state index in [0.29, 0.717) is 34.0 Å². The van der Waals surface area contributed by atoms with Crippen LogP contribution in [-0.4, -0.2) is 31.3 Å². The number of carbonyl (C=O) groups excluding carboxylic acids is 2. The van der Waals surface area contributed by atoms with Crippen molar-refractivity contribution in [1.82, 2.24) is 10.6 Å². The van der Waals surface area contributed by atoms with Crippen LogP contribution in [0, 0.1) is 0 Å². The first-order chi connectivity index (χ1) is 13.4. The van der Waals surface area contributed by atoms with Gasteiger partial charge in [0.2, 0.25) is 0 Å². The molecule has 0 unspecified atom stereocenters. The number of hydrogen-bond acceptors (Lipinski definition) is 5. The molecule has 4 N–H and O–H groups in total. The predicted molar refractivity (Wildman–Crippen MR) is 103 cm³/mol. The standard InChI is InChI=1S/C20H21N3O5/c1-11-17(18(23-20(26)21-11)12-4-6-13(24)7-5-12)19(25)22-15-10-14(27-2)8-9-16(15)28-3/h4-10,18,24H,1-3H3,(H,22,25)(H2,21,23,26)/t18-/m1/s1. The number of hydrogen-bond donors (Lipinski definition) is 4. The first-order valence-corrected chi connectivity index (χ1v) is 8.53. The van der Waals surface area contributed by atoms with Crippen molar-refractivity contribution in [3.05, 3.63) is 59.3 Å². The molecule has 1 aliphatic heterocycles. The molecule has 3 amide bonds. The Balaban J connectivity index is 1.97. The molecule has 0 aromatic heterocycles. The lowest BCUT2D eigenvalue weighted by molar-refractivity contribution is -0.113. The van der Waals surface area contributed by atoms with Crippen LogP contribution in [0.1, 0.15) is 18.5 Å². The Bertz CT molecular complexity index is 937. The van der Waals surface area contributed by atoms with Gasteiger partial charge in [0, 0.05) is 11.8 Å². The van der Waals surface area contributed by atoms with Gasteiger partial charge in [-0.2, -0.15) is 0 Å². The van der Waals surface area contributed by atoms with Crippen molar-refractivity contribution in [3.63, 3.8) is 0 Å². The zero-order chi connectivity index (χ0) is 20.3. The number of phenols is 1. The van der Waals surface area contributed by atoms with Crippen molar-refractivity contribution in [2.24, 2.45) is 0 Å². The van der Waals surface area contributed by atoms with E-state index in [-0.39, 0.29) is 5.75 Å². The Morgan fingerprint density at radius 3 is 2.46 bits per heavy atom. The molecule has 0 aliphatic carbocycles. The molecule has 0 spiro atoms. The van der Waals surface area contributed by atoms with Crippen molar-refractivity contribution < 1.29 is 24.2 Å². The maximum absolute atomic E-state index is 13.1. The maximum atomic E-state index is 13.1. The minimum atomic E-state index is -0.675. The van der Waals surface area contributed by atoms with Crippen LogP contribution >= 0.6 is 0 Å². The van der Waals surface area contributed by atoms with Gasteiger partial charge in [0.15, 0.2) is 0 Å². The van der Waals surface area contributed by atoms with Gasteiger partial charge in [0.1, 0.15) is 17.2 Å². The molecule has 1 aliphatic rings. The lowest BCUT2D eigenvalue weighted by Gasteiger charge is -2.29. The van der Waals surface area contributed by atoms with Crippen LogP contribution in [0.15, 0.2) is 53.7 Å². The Kier molecular flexibility index (Phi) is 5.39. The molecule has 0 bridgehead atoms. The number of ether oxygens (including phenoxy) is 2. The number of allylic oxidation sites excluding steroid dienone is 1. The van der Waals surface area contributed by atoms with Gasteiger partial charge in [-0.15, -0.1) is 0 Å². The zero-order valence-electron chi connectivity index (χ0n) is 15.7. The van der Waals surface area contributed by atoms with Gasteiger partial charge in [-0.05, 0) is 36.8 Å². The van der Waals surface area contributed by atoms with Gasteiger partial charge >= 0.3 is 6.03 Å². The molecule has 0 fully saturated rings.